The van der Waals surface area contributed by atoms with E-state index >= 15 is 0 Å². The normalized spacial score (nSPS) is 26.2. The Kier molecular flexibility index (Phi) is 26.0. The lowest BCUT2D eigenvalue weighted by molar-refractivity contribution is -0.136. The molecule has 1 aromatic carbocycles. The Balaban J connectivity index is 2.00. The fourth-order valence-corrected chi connectivity index (χ4v) is 9.35. The molecule has 1 aromatic rings. The molecule has 0 saturated carbocycles. The molecule has 2 aliphatic rings. The van der Waals surface area contributed by atoms with Crippen molar-refractivity contribution in [3.8, 4) is 0 Å². The maximum Gasteiger partial charge on any atom is 0.245 e. The first kappa shape index (κ1) is 62.2. The van der Waals surface area contributed by atoms with Gasteiger partial charge in [0.05, 0.1) is 5.04 Å². The standard InChI is InChI=1S/C51H82N12O10S/c1-27(2)21-38-48(71)56-31(8)44(67)60-40(23-29(5)6)50(73)58-36(17-10-12-19-52)47(70)62-39(22-28(3)4)49(72)55-30(7)43(66)59-37(42(53)65)25-33-15-14-16-34(24-33)51-63-41(26-74-51)45(68)54-20-13-11-18-35(46(69)61-38)57-32(9)64/h14-16,24,27-31,35-41H,10-13,17-23,25-26,52H2,1-9H3,(H2,53,65)(H,54,68)(H,55,72)(H,56,71)(H,57,64)(H,58,73)(H,59,66)(H,60,67)(H,61,69)(H,62,70)/t30-,31-,35-,36-,37-,38-,39?,40-,41-/m0/s1. The summed E-state index contributed by atoms with van der Waals surface area (Å²) in [5.41, 5.74) is 12.9. The summed E-state index contributed by atoms with van der Waals surface area (Å²) in [6.45, 7) is 15.8. The van der Waals surface area contributed by atoms with E-state index in [1.54, 1.807) is 18.2 Å². The van der Waals surface area contributed by atoms with Crippen molar-refractivity contribution in [3.05, 3.63) is 35.4 Å². The second kappa shape index (κ2) is 30.9. The topological polar surface area (TPSA) is 343 Å². The minimum Gasteiger partial charge on any atom is -0.368 e. The first-order valence-corrected chi connectivity index (χ1v) is 26.8. The van der Waals surface area contributed by atoms with Crippen LogP contribution in [0.3, 0.4) is 0 Å². The molecular formula is C51H82N12O10S. The predicted molar refractivity (Wildman–Crippen MR) is 283 cm³/mol. The van der Waals surface area contributed by atoms with Crippen molar-refractivity contribution in [1.29, 1.82) is 0 Å². The van der Waals surface area contributed by atoms with E-state index in [0.29, 0.717) is 54.2 Å². The Labute approximate surface area is 439 Å². The fraction of sp³-hybridized carbons (Fsp3) is 0.667. The summed E-state index contributed by atoms with van der Waals surface area (Å²) in [5.74, 6) is -6.29. The van der Waals surface area contributed by atoms with Crippen LogP contribution >= 0.6 is 11.8 Å². The van der Waals surface area contributed by atoms with Crippen LogP contribution in [0.4, 0.5) is 0 Å². The second-order valence-electron chi connectivity index (χ2n) is 20.5. The van der Waals surface area contributed by atoms with Gasteiger partial charge in [0.15, 0.2) is 0 Å². The molecule has 22 nitrogen and oxygen atoms in total. The maximum atomic E-state index is 14.1. The summed E-state index contributed by atoms with van der Waals surface area (Å²) < 4.78 is 0. The van der Waals surface area contributed by atoms with Crippen LogP contribution in [0.15, 0.2) is 29.3 Å². The van der Waals surface area contributed by atoms with Gasteiger partial charge in [0.1, 0.15) is 54.4 Å². The Morgan fingerprint density at radius 2 is 1.19 bits per heavy atom. The average molecular weight is 1060 g/mol. The molecule has 0 aromatic heterocycles. The molecule has 10 amide bonds. The zero-order valence-electron chi connectivity index (χ0n) is 44.5. The highest BCUT2D eigenvalue weighted by molar-refractivity contribution is 8.14. The van der Waals surface area contributed by atoms with Crippen molar-refractivity contribution in [2.24, 2.45) is 34.2 Å². The molecule has 0 aliphatic carbocycles. The minimum absolute atomic E-state index is 0.000533. The number of hydrogen-bond acceptors (Lipinski definition) is 13. The van der Waals surface area contributed by atoms with Gasteiger partial charge in [0.25, 0.3) is 0 Å². The van der Waals surface area contributed by atoms with Crippen LogP contribution in [0.25, 0.3) is 0 Å². The number of rotatable bonds is 12. The molecule has 13 N–H and O–H groups in total. The zero-order valence-corrected chi connectivity index (χ0v) is 45.3. The first-order chi connectivity index (χ1) is 34.9. The highest BCUT2D eigenvalue weighted by Gasteiger charge is 2.34. The van der Waals surface area contributed by atoms with Gasteiger partial charge in [-0.05, 0) is 108 Å². The smallest absolute Gasteiger partial charge is 0.245 e. The van der Waals surface area contributed by atoms with Crippen molar-refractivity contribution in [2.45, 2.75) is 181 Å². The summed E-state index contributed by atoms with van der Waals surface area (Å²) in [7, 11) is 0. The van der Waals surface area contributed by atoms with E-state index in [4.69, 9.17) is 11.5 Å². The van der Waals surface area contributed by atoms with E-state index in [2.05, 4.69) is 52.8 Å². The summed E-state index contributed by atoms with van der Waals surface area (Å²) >= 11 is 1.38. The van der Waals surface area contributed by atoms with Gasteiger partial charge in [-0.1, -0.05) is 59.7 Å². The monoisotopic (exact) mass is 1050 g/mol. The third-order valence-electron chi connectivity index (χ3n) is 12.2. The molecule has 0 fully saturated rings. The number of nitrogens with one attached hydrogen (secondary N) is 9. The van der Waals surface area contributed by atoms with Crippen LogP contribution in [0.2, 0.25) is 0 Å². The van der Waals surface area contributed by atoms with Gasteiger partial charge in [-0.15, -0.1) is 11.8 Å². The van der Waals surface area contributed by atoms with E-state index in [-0.39, 0.29) is 68.7 Å². The highest BCUT2D eigenvalue weighted by Crippen LogP contribution is 2.25. The molecule has 0 spiro atoms. The van der Waals surface area contributed by atoms with E-state index in [1.807, 2.05) is 47.6 Å². The number of fused-ring (bicyclic) bond motifs is 4. The summed E-state index contributed by atoms with van der Waals surface area (Å²) in [4.78, 5) is 140. The number of primary amides is 1. The zero-order chi connectivity index (χ0) is 55.2. The lowest BCUT2D eigenvalue weighted by atomic mass is 10.00. The van der Waals surface area contributed by atoms with Gasteiger partial charge in [0, 0.05) is 31.2 Å². The molecule has 3 rings (SSSR count). The summed E-state index contributed by atoms with van der Waals surface area (Å²) in [6.07, 6.45) is 2.62. The molecule has 2 aliphatic heterocycles. The Morgan fingerprint density at radius 3 is 1.73 bits per heavy atom. The van der Waals surface area contributed by atoms with Crippen molar-refractivity contribution in [1.82, 2.24) is 47.9 Å². The van der Waals surface area contributed by atoms with E-state index in [0.717, 1.165) is 0 Å². The Hall–Kier alpha value is -6.10. The lowest BCUT2D eigenvalue weighted by Crippen LogP contribution is -2.60. The summed E-state index contributed by atoms with van der Waals surface area (Å²) in [6, 6.07) is -2.75. The molecule has 4 bridgehead atoms. The van der Waals surface area contributed by atoms with Crippen LogP contribution < -0.4 is 59.3 Å². The number of benzene rings is 1. The third-order valence-corrected chi connectivity index (χ3v) is 13.3. The summed E-state index contributed by atoms with van der Waals surface area (Å²) in [5, 5.41) is 25.1. The second-order valence-corrected chi connectivity index (χ2v) is 21.6. The molecule has 74 heavy (non-hydrogen) atoms. The minimum atomic E-state index is -1.19. The van der Waals surface area contributed by atoms with Crippen LogP contribution in [-0.2, 0) is 54.4 Å². The van der Waals surface area contributed by atoms with Crippen LogP contribution in [-0.4, -0.2) is 137 Å². The Bertz CT molecular complexity index is 2170. The number of carbonyl (C=O) groups is 10. The van der Waals surface area contributed by atoms with Crippen LogP contribution in [0.5, 0.6) is 0 Å². The van der Waals surface area contributed by atoms with Gasteiger partial charge >= 0.3 is 0 Å². The molecule has 0 saturated heterocycles. The number of carbonyl (C=O) groups excluding carboxylic acids is 10. The van der Waals surface area contributed by atoms with Crippen molar-refractivity contribution in [2.75, 3.05) is 18.8 Å². The molecule has 2 heterocycles. The maximum absolute atomic E-state index is 14.1. The lowest BCUT2D eigenvalue weighted by Gasteiger charge is -2.28. The van der Waals surface area contributed by atoms with E-state index in [9.17, 15) is 47.9 Å². The number of thioether (sulfide) groups is 1. The number of aliphatic imine (C=N–C) groups is 1. The number of nitrogens with two attached hydrogens (primary N) is 2. The van der Waals surface area contributed by atoms with Gasteiger partial charge in [-0.25, -0.2) is 0 Å². The molecule has 9 atom stereocenters. The number of hydrogen-bond donors (Lipinski definition) is 11. The van der Waals surface area contributed by atoms with Crippen LogP contribution in [0, 0.1) is 17.8 Å². The fourth-order valence-electron chi connectivity index (χ4n) is 8.31. The molecule has 23 heteroatoms. The van der Waals surface area contributed by atoms with Crippen molar-refractivity contribution in [3.63, 3.8) is 0 Å². The number of nitrogens with zero attached hydrogens (tertiary/aromatic N) is 1. The van der Waals surface area contributed by atoms with Gasteiger partial charge in [-0.2, -0.15) is 0 Å². The largest absolute Gasteiger partial charge is 0.368 e. The van der Waals surface area contributed by atoms with Gasteiger partial charge in [0.2, 0.25) is 59.1 Å². The van der Waals surface area contributed by atoms with Gasteiger partial charge < -0.3 is 59.3 Å². The molecule has 0 radical (unpaired) electrons. The van der Waals surface area contributed by atoms with Gasteiger partial charge in [-0.3, -0.25) is 52.9 Å². The van der Waals surface area contributed by atoms with E-state index in [1.165, 1.54) is 32.5 Å². The van der Waals surface area contributed by atoms with Crippen LogP contribution in [0.1, 0.15) is 131 Å². The van der Waals surface area contributed by atoms with E-state index < -0.39 is 108 Å². The Morgan fingerprint density at radius 1 is 0.676 bits per heavy atom. The van der Waals surface area contributed by atoms with Crippen molar-refractivity contribution >= 4 is 75.9 Å². The number of unbranched alkanes of at least 4 members (excludes halogenated alkanes) is 1. The quantitative estimate of drug-likeness (QED) is 0.124. The third kappa shape index (κ3) is 21.4. The SMILES string of the molecule is CC(=O)N[C@H]1CCCCNC(=O)[C@@H]2CSC(=N2)c2cccc(c2)C[C@@H](C(N)=O)NC(=O)[C@H](C)NC(=O)C(CC(C)C)NC(=O)[C@H](CCCCN)NC(=O)[C@H](CC(C)C)NC(=O)[C@H](C)NC(=O)[C@H](CC(C)C)NC1=O. The number of amides is 10. The molecular weight excluding hydrogens is 973 g/mol. The molecule has 1 unspecified atom stereocenters. The predicted octanol–water partition coefficient (Wildman–Crippen LogP) is 0.0819. The highest BCUT2D eigenvalue weighted by atomic mass is 32.2. The molecule has 412 valence electrons. The average Bonchev–Trinajstić information content (AvgIpc) is 3.82. The first-order valence-electron chi connectivity index (χ1n) is 25.9. The van der Waals surface area contributed by atoms with Crippen molar-refractivity contribution < 1.29 is 47.9 Å².